The minimum Gasteiger partial charge on any atom is -0.453 e. The molecule has 0 spiro atoms. The smallest absolute Gasteiger partial charge is 0.198 e. The second-order valence-electron chi connectivity index (χ2n) is 7.40. The minimum atomic E-state index is 0.0396. The van der Waals surface area contributed by atoms with Gasteiger partial charge in [0.15, 0.2) is 11.5 Å². The van der Waals surface area contributed by atoms with E-state index in [0.717, 1.165) is 30.5 Å². The third-order valence-electron chi connectivity index (χ3n) is 4.27. The Morgan fingerprint density at radius 2 is 2.08 bits per heavy atom. The number of aliphatic imine (C=N–C) groups is 1. The van der Waals surface area contributed by atoms with Crippen LogP contribution in [0.5, 0.6) is 0 Å². The Hall–Kier alpha value is -2.49. The first-order chi connectivity index (χ1) is 11.9. The molecule has 1 aliphatic heterocycles. The average molecular weight is 336 g/mol. The molecule has 3 heterocycles. The Bertz CT molecular complexity index is 808. The van der Waals surface area contributed by atoms with Gasteiger partial charge < -0.3 is 4.42 Å². The van der Waals surface area contributed by atoms with Crippen LogP contribution in [0, 0.1) is 5.41 Å². The summed E-state index contributed by atoms with van der Waals surface area (Å²) in [6.45, 7) is 6.52. The Morgan fingerprint density at radius 1 is 1.24 bits per heavy atom. The maximum atomic E-state index is 12.3. The summed E-state index contributed by atoms with van der Waals surface area (Å²) in [6.07, 6.45) is 8.68. The molecule has 0 saturated carbocycles. The van der Waals surface area contributed by atoms with E-state index in [0.29, 0.717) is 17.9 Å². The molecule has 130 valence electrons. The maximum Gasteiger partial charge on any atom is 0.198 e. The van der Waals surface area contributed by atoms with Gasteiger partial charge in [0.2, 0.25) is 0 Å². The molecule has 0 amide bonds. The van der Waals surface area contributed by atoms with E-state index in [1.54, 1.807) is 18.5 Å². The predicted molar refractivity (Wildman–Crippen MR) is 99.7 cm³/mol. The van der Waals surface area contributed by atoms with Gasteiger partial charge in [-0.3, -0.25) is 14.8 Å². The summed E-state index contributed by atoms with van der Waals surface area (Å²) in [5, 5.41) is 0. The van der Waals surface area contributed by atoms with Crippen LogP contribution in [0.25, 0.3) is 11.3 Å². The summed E-state index contributed by atoms with van der Waals surface area (Å²) >= 11 is 0. The fraction of sp³-hybridized carbons (Fsp3) is 0.381. The Balaban J connectivity index is 1.52. The number of hydrogen-bond donors (Lipinski definition) is 0. The monoisotopic (exact) mass is 336 g/mol. The molecule has 0 aliphatic carbocycles. The highest BCUT2D eigenvalue weighted by molar-refractivity contribution is 5.94. The van der Waals surface area contributed by atoms with E-state index in [1.807, 2.05) is 18.2 Å². The average Bonchev–Trinajstić information content (AvgIpc) is 3.25. The molecule has 25 heavy (non-hydrogen) atoms. The fourth-order valence-electron chi connectivity index (χ4n) is 2.84. The van der Waals surface area contributed by atoms with Gasteiger partial charge in [-0.1, -0.05) is 26.8 Å². The Morgan fingerprint density at radius 3 is 2.76 bits per heavy atom. The van der Waals surface area contributed by atoms with Crippen molar-refractivity contribution < 1.29 is 9.21 Å². The van der Waals surface area contributed by atoms with Gasteiger partial charge >= 0.3 is 0 Å². The van der Waals surface area contributed by atoms with Crippen LogP contribution in [-0.4, -0.2) is 16.5 Å². The van der Waals surface area contributed by atoms with E-state index in [4.69, 9.17) is 9.41 Å². The zero-order chi connectivity index (χ0) is 17.9. The van der Waals surface area contributed by atoms with E-state index < -0.39 is 0 Å². The summed E-state index contributed by atoms with van der Waals surface area (Å²) in [5.41, 5.74) is 3.30. The molecule has 0 saturated heterocycles. The fourth-order valence-corrected chi connectivity index (χ4v) is 2.84. The number of ketones is 1. The summed E-state index contributed by atoms with van der Waals surface area (Å²) in [6, 6.07) is 7.33. The van der Waals surface area contributed by atoms with Gasteiger partial charge in [0.05, 0.1) is 0 Å². The molecule has 0 radical (unpaired) electrons. The highest BCUT2D eigenvalue weighted by Gasteiger charge is 2.21. The molecule has 0 N–H and O–H groups in total. The SMILES string of the molecule is CC(C)(C)C1=CCC(CCCC(=O)c2ccc(-c3cccnc3)o2)=N1. The number of Topliss-reactive ketones (excluding diaryl/α,β-unsaturated/α-hetero) is 1. The summed E-state index contributed by atoms with van der Waals surface area (Å²) in [7, 11) is 0. The Kier molecular flexibility index (Phi) is 4.98. The number of aromatic nitrogens is 1. The van der Waals surface area contributed by atoms with Crippen LogP contribution in [0.3, 0.4) is 0 Å². The largest absolute Gasteiger partial charge is 0.453 e. The molecule has 3 rings (SSSR count). The van der Waals surface area contributed by atoms with E-state index in [9.17, 15) is 4.79 Å². The van der Waals surface area contributed by atoms with Crippen LogP contribution in [-0.2, 0) is 0 Å². The van der Waals surface area contributed by atoms with Gasteiger partial charge in [0, 0.05) is 47.6 Å². The van der Waals surface area contributed by atoms with Crippen molar-refractivity contribution in [2.24, 2.45) is 10.4 Å². The number of carbonyl (C=O) groups excluding carboxylic acids is 1. The normalized spacial score (nSPS) is 14.4. The standard InChI is InChI=1S/C21H24N2O2/c1-21(2,3)20-12-9-16(23-20)7-4-8-17(24)19-11-10-18(25-19)15-6-5-13-22-14-15/h5-6,10-14H,4,7-9H2,1-3H3. The van der Waals surface area contributed by atoms with E-state index in [-0.39, 0.29) is 11.2 Å². The van der Waals surface area contributed by atoms with Gasteiger partial charge in [0.25, 0.3) is 0 Å². The number of pyridine rings is 1. The number of furan rings is 1. The first-order valence-corrected chi connectivity index (χ1v) is 8.74. The first-order valence-electron chi connectivity index (χ1n) is 8.74. The first kappa shape index (κ1) is 17.3. The quantitative estimate of drug-likeness (QED) is 0.657. The molecule has 4 heteroatoms. The molecular weight excluding hydrogens is 312 g/mol. The lowest BCUT2D eigenvalue weighted by atomic mass is 9.92. The zero-order valence-electron chi connectivity index (χ0n) is 15.1. The van der Waals surface area contributed by atoms with Crippen molar-refractivity contribution in [3.8, 4) is 11.3 Å². The number of carbonyl (C=O) groups is 1. The van der Waals surface area contributed by atoms with Crippen molar-refractivity contribution in [2.75, 3.05) is 0 Å². The molecule has 4 nitrogen and oxygen atoms in total. The highest BCUT2D eigenvalue weighted by atomic mass is 16.3. The third-order valence-corrected chi connectivity index (χ3v) is 4.27. The number of rotatable bonds is 6. The van der Waals surface area contributed by atoms with Gasteiger partial charge in [0.1, 0.15) is 5.76 Å². The number of allylic oxidation sites excluding steroid dienone is 2. The van der Waals surface area contributed by atoms with Crippen LogP contribution < -0.4 is 0 Å². The van der Waals surface area contributed by atoms with E-state index >= 15 is 0 Å². The summed E-state index contributed by atoms with van der Waals surface area (Å²) in [4.78, 5) is 21.1. The second kappa shape index (κ2) is 7.18. The number of hydrogen-bond acceptors (Lipinski definition) is 4. The van der Waals surface area contributed by atoms with Gasteiger partial charge in [-0.25, -0.2) is 0 Å². The predicted octanol–water partition coefficient (Wildman–Crippen LogP) is 5.47. The van der Waals surface area contributed by atoms with Crippen molar-refractivity contribution >= 4 is 11.5 Å². The molecule has 1 aliphatic rings. The van der Waals surface area contributed by atoms with Crippen LogP contribution in [0.1, 0.15) is 57.0 Å². The number of nitrogens with zero attached hydrogens (tertiary/aromatic N) is 2. The lowest BCUT2D eigenvalue weighted by Crippen LogP contribution is -2.06. The molecule has 0 fully saturated rings. The molecule has 2 aromatic rings. The Labute approximate surface area is 148 Å². The third kappa shape index (κ3) is 4.32. The van der Waals surface area contributed by atoms with Crippen LogP contribution in [0.4, 0.5) is 0 Å². The summed E-state index contributed by atoms with van der Waals surface area (Å²) in [5.74, 6) is 1.13. The summed E-state index contributed by atoms with van der Waals surface area (Å²) < 4.78 is 5.69. The van der Waals surface area contributed by atoms with Gasteiger partial charge in [-0.15, -0.1) is 0 Å². The molecule has 2 aromatic heterocycles. The highest BCUT2D eigenvalue weighted by Crippen LogP contribution is 2.31. The van der Waals surface area contributed by atoms with Crippen molar-refractivity contribution in [3.63, 3.8) is 0 Å². The molecule has 0 unspecified atom stereocenters. The molecule has 0 aromatic carbocycles. The van der Waals surface area contributed by atoms with Gasteiger partial charge in [-0.05, 0) is 37.1 Å². The van der Waals surface area contributed by atoms with Gasteiger partial charge in [-0.2, -0.15) is 0 Å². The maximum absolute atomic E-state index is 12.3. The molecular formula is C21H24N2O2. The van der Waals surface area contributed by atoms with Crippen molar-refractivity contribution in [1.82, 2.24) is 4.98 Å². The zero-order valence-corrected chi connectivity index (χ0v) is 15.1. The lowest BCUT2D eigenvalue weighted by molar-refractivity contribution is 0.0954. The van der Waals surface area contributed by atoms with Crippen LogP contribution in [0.15, 0.2) is 57.8 Å². The van der Waals surface area contributed by atoms with Crippen LogP contribution in [0.2, 0.25) is 0 Å². The van der Waals surface area contributed by atoms with E-state index in [1.165, 1.54) is 5.71 Å². The molecule has 0 atom stereocenters. The lowest BCUT2D eigenvalue weighted by Gasteiger charge is -2.17. The molecule has 0 bridgehead atoms. The van der Waals surface area contributed by atoms with Crippen molar-refractivity contribution in [3.05, 3.63) is 54.2 Å². The minimum absolute atomic E-state index is 0.0396. The van der Waals surface area contributed by atoms with Crippen molar-refractivity contribution in [1.29, 1.82) is 0 Å². The van der Waals surface area contributed by atoms with E-state index in [2.05, 4.69) is 31.8 Å². The second-order valence-corrected chi connectivity index (χ2v) is 7.40. The topological polar surface area (TPSA) is 55.5 Å². The van der Waals surface area contributed by atoms with Crippen molar-refractivity contribution in [2.45, 2.75) is 46.5 Å². The van der Waals surface area contributed by atoms with Crippen LogP contribution >= 0.6 is 0 Å².